The van der Waals surface area contributed by atoms with Crippen molar-refractivity contribution in [3.63, 3.8) is 0 Å². The predicted octanol–water partition coefficient (Wildman–Crippen LogP) is 4.68. The molecule has 0 unspecified atom stereocenters. The van der Waals surface area contributed by atoms with E-state index in [2.05, 4.69) is 21.2 Å². The average Bonchev–Trinajstić information content (AvgIpc) is 2.68. The van der Waals surface area contributed by atoms with Crippen LogP contribution in [0.4, 0.5) is 11.4 Å². The van der Waals surface area contributed by atoms with Crippen LogP contribution in [0.25, 0.3) is 0 Å². The van der Waals surface area contributed by atoms with Crippen LogP contribution >= 0.6 is 15.9 Å². The first-order valence-electron chi connectivity index (χ1n) is 8.64. The second-order valence-electron chi connectivity index (χ2n) is 6.72. The van der Waals surface area contributed by atoms with Crippen LogP contribution in [0.5, 0.6) is 5.75 Å². The molecule has 3 aromatic rings. The minimum absolute atomic E-state index is 0.0489. The molecule has 0 radical (unpaired) electrons. The van der Waals surface area contributed by atoms with Crippen molar-refractivity contribution >= 4 is 44.8 Å². The fraction of sp³-hybridized carbons (Fsp3) is 0.0455. The molecule has 6 nitrogen and oxygen atoms in total. The fourth-order valence-corrected chi connectivity index (χ4v) is 3.82. The number of phenolic OH excluding ortho intramolecular Hbond substituents is 1. The lowest BCUT2D eigenvalue weighted by Crippen LogP contribution is -2.22. The molecular formula is C22H14BrNO5. The Bertz CT molecular complexity index is 1230. The Balaban J connectivity index is 1.91. The molecule has 0 atom stereocenters. The highest BCUT2D eigenvalue weighted by Gasteiger charge is 2.35. The molecule has 0 bridgehead atoms. The fourth-order valence-electron chi connectivity index (χ4n) is 3.39. The highest BCUT2D eigenvalue weighted by atomic mass is 79.9. The van der Waals surface area contributed by atoms with Gasteiger partial charge in [-0.25, -0.2) is 4.79 Å². The predicted molar refractivity (Wildman–Crippen MR) is 111 cm³/mol. The van der Waals surface area contributed by atoms with Crippen LogP contribution in [-0.2, 0) is 0 Å². The van der Waals surface area contributed by atoms with Crippen molar-refractivity contribution in [3.8, 4) is 5.75 Å². The van der Waals surface area contributed by atoms with Gasteiger partial charge in [-0.15, -0.1) is 0 Å². The smallest absolute Gasteiger partial charge is 0.335 e. The molecule has 0 heterocycles. The van der Waals surface area contributed by atoms with E-state index in [-0.39, 0.29) is 43.7 Å². The number of carbonyl (C=O) groups is 3. The number of carbonyl (C=O) groups excluding carboxylic acids is 2. The van der Waals surface area contributed by atoms with Gasteiger partial charge in [-0.05, 0) is 53.2 Å². The third kappa shape index (κ3) is 3.09. The molecule has 3 N–H and O–H groups in total. The summed E-state index contributed by atoms with van der Waals surface area (Å²) in [6.45, 7) is 1.82. The second-order valence-corrected chi connectivity index (χ2v) is 7.58. The summed E-state index contributed by atoms with van der Waals surface area (Å²) in [4.78, 5) is 37.5. The maximum Gasteiger partial charge on any atom is 0.335 e. The van der Waals surface area contributed by atoms with E-state index in [0.29, 0.717) is 5.69 Å². The summed E-state index contributed by atoms with van der Waals surface area (Å²) in [5.41, 5.74) is 2.09. The summed E-state index contributed by atoms with van der Waals surface area (Å²) in [6.07, 6.45) is 0. The van der Waals surface area contributed by atoms with E-state index in [9.17, 15) is 24.6 Å². The average molecular weight is 452 g/mol. The molecule has 0 saturated carbocycles. The molecule has 0 spiro atoms. The van der Waals surface area contributed by atoms with E-state index in [1.807, 2.05) is 6.92 Å². The van der Waals surface area contributed by atoms with Gasteiger partial charge in [-0.1, -0.05) is 23.8 Å². The molecule has 144 valence electrons. The number of anilines is 2. The van der Waals surface area contributed by atoms with E-state index < -0.39 is 17.5 Å². The molecule has 0 aromatic heterocycles. The lowest BCUT2D eigenvalue weighted by Gasteiger charge is -2.23. The first-order valence-corrected chi connectivity index (χ1v) is 9.43. The number of carboxylic acids is 1. The first kappa shape index (κ1) is 18.9. The zero-order valence-electron chi connectivity index (χ0n) is 15.1. The summed E-state index contributed by atoms with van der Waals surface area (Å²) in [7, 11) is 0. The molecule has 1 aliphatic rings. The number of halogens is 1. The third-order valence-electron chi connectivity index (χ3n) is 4.76. The maximum atomic E-state index is 13.2. The lowest BCUT2D eigenvalue weighted by atomic mass is 9.82. The zero-order chi connectivity index (χ0) is 20.9. The Morgan fingerprint density at radius 2 is 1.69 bits per heavy atom. The highest BCUT2D eigenvalue weighted by molar-refractivity contribution is 9.10. The van der Waals surface area contributed by atoms with Gasteiger partial charge in [-0.2, -0.15) is 0 Å². The van der Waals surface area contributed by atoms with Gasteiger partial charge in [0, 0.05) is 16.8 Å². The Morgan fingerprint density at radius 3 is 2.41 bits per heavy atom. The Kier molecular flexibility index (Phi) is 4.47. The second kappa shape index (κ2) is 6.86. The van der Waals surface area contributed by atoms with Crippen LogP contribution in [0, 0.1) is 6.92 Å². The topological polar surface area (TPSA) is 104 Å². The molecule has 1 aliphatic carbocycles. The van der Waals surface area contributed by atoms with Gasteiger partial charge >= 0.3 is 5.97 Å². The summed E-state index contributed by atoms with van der Waals surface area (Å²) >= 11 is 3.23. The number of aromatic carboxylic acids is 1. The Labute approximate surface area is 173 Å². The van der Waals surface area contributed by atoms with Crippen molar-refractivity contribution in [2.75, 3.05) is 5.32 Å². The van der Waals surface area contributed by atoms with E-state index in [1.54, 1.807) is 30.3 Å². The number of fused-ring (bicyclic) bond motifs is 2. The van der Waals surface area contributed by atoms with Crippen molar-refractivity contribution in [1.29, 1.82) is 0 Å². The number of hydrogen-bond donors (Lipinski definition) is 3. The molecule has 0 saturated heterocycles. The van der Waals surface area contributed by atoms with Crippen LogP contribution in [0.1, 0.15) is 47.8 Å². The summed E-state index contributed by atoms with van der Waals surface area (Å²) in [6, 6.07) is 12.5. The molecular weight excluding hydrogens is 438 g/mol. The number of phenols is 1. The van der Waals surface area contributed by atoms with E-state index in [4.69, 9.17) is 0 Å². The molecule has 7 heteroatoms. The maximum absolute atomic E-state index is 13.2. The van der Waals surface area contributed by atoms with Crippen molar-refractivity contribution in [2.45, 2.75) is 6.92 Å². The number of aryl methyl sites for hydroxylation is 1. The number of aromatic hydroxyl groups is 1. The summed E-state index contributed by atoms with van der Waals surface area (Å²) in [5.74, 6) is -2.23. The number of hydrogen-bond acceptors (Lipinski definition) is 5. The third-order valence-corrected chi connectivity index (χ3v) is 5.36. The van der Waals surface area contributed by atoms with Gasteiger partial charge in [0.15, 0.2) is 11.6 Å². The molecule has 0 fully saturated rings. The zero-order valence-corrected chi connectivity index (χ0v) is 16.7. The lowest BCUT2D eigenvalue weighted by molar-refractivity contribution is 0.0696. The van der Waals surface area contributed by atoms with E-state index in [1.165, 1.54) is 18.2 Å². The molecule has 4 rings (SSSR count). The van der Waals surface area contributed by atoms with Gasteiger partial charge in [0.25, 0.3) is 0 Å². The molecule has 3 aromatic carbocycles. The van der Waals surface area contributed by atoms with Gasteiger partial charge < -0.3 is 15.5 Å². The van der Waals surface area contributed by atoms with Gasteiger partial charge in [-0.3, -0.25) is 9.59 Å². The normalized spacial score (nSPS) is 12.3. The Hall–Kier alpha value is -3.45. The molecule has 0 aliphatic heterocycles. The monoisotopic (exact) mass is 451 g/mol. The number of nitrogens with one attached hydrogen (secondary N) is 1. The van der Waals surface area contributed by atoms with Crippen molar-refractivity contribution in [3.05, 3.63) is 86.4 Å². The van der Waals surface area contributed by atoms with Crippen molar-refractivity contribution < 1.29 is 24.6 Å². The van der Waals surface area contributed by atoms with Crippen LogP contribution in [-0.4, -0.2) is 27.7 Å². The minimum atomic E-state index is -1.09. The van der Waals surface area contributed by atoms with Gasteiger partial charge in [0.05, 0.1) is 26.9 Å². The molecule has 0 amide bonds. The van der Waals surface area contributed by atoms with Crippen molar-refractivity contribution in [2.24, 2.45) is 0 Å². The molecule has 29 heavy (non-hydrogen) atoms. The Morgan fingerprint density at radius 1 is 0.966 bits per heavy atom. The SMILES string of the molecule is Cc1ccc2c(c1)C(=O)c1c(O)c(Br)cc(Nc3cccc(C(=O)O)c3)c1C2=O. The number of benzene rings is 3. The summed E-state index contributed by atoms with van der Waals surface area (Å²) < 4.78 is 0.241. The number of carboxylic acid groups (broad SMARTS) is 1. The van der Waals surface area contributed by atoms with Crippen LogP contribution in [0.15, 0.2) is 53.0 Å². The quantitative estimate of drug-likeness (QED) is 0.390. The minimum Gasteiger partial charge on any atom is -0.506 e. The largest absolute Gasteiger partial charge is 0.506 e. The first-order chi connectivity index (χ1) is 13.8. The van der Waals surface area contributed by atoms with Crippen LogP contribution in [0.2, 0.25) is 0 Å². The van der Waals surface area contributed by atoms with Gasteiger partial charge in [0.2, 0.25) is 0 Å². The van der Waals surface area contributed by atoms with Crippen LogP contribution in [0.3, 0.4) is 0 Å². The highest BCUT2D eigenvalue weighted by Crippen LogP contribution is 2.42. The van der Waals surface area contributed by atoms with Crippen LogP contribution < -0.4 is 5.32 Å². The van der Waals surface area contributed by atoms with E-state index >= 15 is 0 Å². The standard InChI is InChI=1S/C22H14BrNO5/c1-10-5-6-13-14(7-10)20(26)18-17(19(13)25)16(9-15(23)21(18)27)24-12-4-2-3-11(8-12)22(28)29/h2-9,24,27H,1H3,(H,28,29). The van der Waals surface area contributed by atoms with Gasteiger partial charge in [0.1, 0.15) is 5.75 Å². The van der Waals surface area contributed by atoms with E-state index in [0.717, 1.165) is 5.56 Å². The number of ketones is 2. The van der Waals surface area contributed by atoms with Crippen molar-refractivity contribution in [1.82, 2.24) is 0 Å². The summed E-state index contributed by atoms with van der Waals surface area (Å²) in [5, 5.41) is 22.7. The number of rotatable bonds is 3.